The van der Waals surface area contributed by atoms with E-state index in [4.69, 9.17) is 9.47 Å². The van der Waals surface area contributed by atoms with Crippen molar-refractivity contribution in [3.63, 3.8) is 0 Å². The summed E-state index contributed by atoms with van der Waals surface area (Å²) in [5.74, 6) is 0.0955. The molecule has 0 saturated carbocycles. The molecule has 0 aromatic heterocycles. The lowest BCUT2D eigenvalue weighted by atomic mass is 10.0. The summed E-state index contributed by atoms with van der Waals surface area (Å²) in [7, 11) is 0. The summed E-state index contributed by atoms with van der Waals surface area (Å²) < 4.78 is 10.2. The molecule has 0 fully saturated rings. The highest BCUT2D eigenvalue weighted by atomic mass is 16.6. The van der Waals surface area contributed by atoms with Crippen LogP contribution in [0.5, 0.6) is 0 Å². The molecule has 7 nitrogen and oxygen atoms in total. The summed E-state index contributed by atoms with van der Waals surface area (Å²) in [6, 6.07) is 0. The van der Waals surface area contributed by atoms with Crippen LogP contribution in [0.4, 0.5) is 0 Å². The van der Waals surface area contributed by atoms with E-state index in [1.807, 2.05) is 48.6 Å². The van der Waals surface area contributed by atoms with Crippen molar-refractivity contribution < 1.29 is 34.4 Å². The monoisotopic (exact) mass is 729 g/mol. The molecule has 0 amide bonds. The van der Waals surface area contributed by atoms with Gasteiger partial charge in [0.15, 0.2) is 0 Å². The van der Waals surface area contributed by atoms with Gasteiger partial charge in [0, 0.05) is 12.8 Å². The number of hydrogen-bond acceptors (Lipinski definition) is 7. The van der Waals surface area contributed by atoms with Crippen molar-refractivity contribution in [3.05, 3.63) is 72.9 Å². The molecule has 0 heterocycles. The molecule has 3 N–H and O–H groups in total. The smallest absolute Gasteiger partial charge is 0.305 e. The van der Waals surface area contributed by atoms with Crippen LogP contribution in [-0.2, 0) is 19.1 Å². The summed E-state index contributed by atoms with van der Waals surface area (Å²) in [6.45, 7) is 6.29. The Morgan fingerprint density at radius 3 is 1.60 bits per heavy atom. The second-order valence-electron chi connectivity index (χ2n) is 14.3. The number of carbonyl (C=O) groups is 2. The van der Waals surface area contributed by atoms with E-state index in [2.05, 4.69) is 20.8 Å². The van der Waals surface area contributed by atoms with Crippen LogP contribution in [0, 0.1) is 5.92 Å². The predicted molar refractivity (Wildman–Crippen MR) is 217 cm³/mol. The fraction of sp³-hybridized carbons (Fsp3) is 0.689. The van der Waals surface area contributed by atoms with Crippen molar-refractivity contribution in [2.75, 3.05) is 13.2 Å². The zero-order chi connectivity index (χ0) is 38.3. The molecule has 52 heavy (non-hydrogen) atoms. The molecule has 0 spiro atoms. The molecule has 0 saturated heterocycles. The molecule has 3 atom stereocenters. The molecule has 0 aliphatic heterocycles. The van der Waals surface area contributed by atoms with Crippen LogP contribution < -0.4 is 0 Å². The maximum absolute atomic E-state index is 12.0. The van der Waals surface area contributed by atoms with Crippen LogP contribution in [0.3, 0.4) is 0 Å². The van der Waals surface area contributed by atoms with Gasteiger partial charge in [0.1, 0.15) is 19.3 Å². The van der Waals surface area contributed by atoms with Gasteiger partial charge in [-0.3, -0.25) is 9.59 Å². The SMILES string of the molecule is CC/C=C\C[C@@H](O)/C=C/C=C\C/C=C\C=C\[C@@H](O)/C=C\CCCC(=O)OC[C@H](O)COC(=O)CCCCCCCCCCCCCCCCC(C)C. The fourth-order valence-corrected chi connectivity index (χ4v) is 5.42. The highest BCUT2D eigenvalue weighted by Gasteiger charge is 2.12. The van der Waals surface area contributed by atoms with Gasteiger partial charge in [0.2, 0.25) is 0 Å². The van der Waals surface area contributed by atoms with Crippen LogP contribution in [0.2, 0.25) is 0 Å². The molecule has 0 unspecified atom stereocenters. The van der Waals surface area contributed by atoms with Crippen molar-refractivity contribution in [1.82, 2.24) is 0 Å². The lowest BCUT2D eigenvalue weighted by Gasteiger charge is -2.12. The highest BCUT2D eigenvalue weighted by Crippen LogP contribution is 2.15. The summed E-state index contributed by atoms with van der Waals surface area (Å²) in [4.78, 5) is 24.0. The second kappa shape index (κ2) is 38.0. The quantitative estimate of drug-likeness (QED) is 0.0258. The van der Waals surface area contributed by atoms with E-state index in [1.54, 1.807) is 24.3 Å². The minimum absolute atomic E-state index is 0.177. The molecule has 0 aromatic carbocycles. The number of unbranched alkanes of at least 4 members (excludes halogenated alkanes) is 14. The average molecular weight is 729 g/mol. The van der Waals surface area contributed by atoms with Crippen LogP contribution >= 0.6 is 0 Å². The maximum Gasteiger partial charge on any atom is 0.305 e. The Morgan fingerprint density at radius 2 is 1.06 bits per heavy atom. The van der Waals surface area contributed by atoms with Gasteiger partial charge in [0.05, 0.1) is 12.2 Å². The maximum atomic E-state index is 12.0. The first-order chi connectivity index (χ1) is 25.2. The number of carbonyl (C=O) groups excluding carboxylic acids is 2. The third-order valence-corrected chi connectivity index (χ3v) is 8.56. The molecule has 0 aromatic rings. The number of allylic oxidation sites excluding steroid dienone is 8. The first-order valence-electron chi connectivity index (χ1n) is 20.6. The number of hydrogen-bond donors (Lipinski definition) is 3. The normalized spacial score (nSPS) is 14.3. The van der Waals surface area contributed by atoms with Gasteiger partial charge in [-0.05, 0) is 44.4 Å². The standard InChI is InChI=1S/C45H76O7/c1-4-5-24-32-41(46)33-26-20-16-14-17-21-27-34-42(47)35-28-23-30-37-45(50)52-39-43(48)38-51-44(49)36-29-22-18-13-11-9-7-6-8-10-12-15-19-25-31-40(2)3/h5,16-17,20-21,24,26-28,33-35,40-43,46-48H,4,6-15,18-19,22-23,25,29-32,36-39H2,1-3H3/b20-16-,21-17-,24-5-,33-26+,34-27+,35-28-/t41-,42-,43-/m1/s1. The molecular formula is C45H76O7. The Balaban J connectivity index is 3.69. The van der Waals surface area contributed by atoms with Crippen molar-refractivity contribution in [1.29, 1.82) is 0 Å². The fourth-order valence-electron chi connectivity index (χ4n) is 5.42. The lowest BCUT2D eigenvalue weighted by molar-refractivity contribution is -0.152. The number of ether oxygens (including phenoxy) is 2. The molecule has 0 aliphatic carbocycles. The highest BCUT2D eigenvalue weighted by molar-refractivity contribution is 5.69. The van der Waals surface area contributed by atoms with Crippen LogP contribution in [0.25, 0.3) is 0 Å². The van der Waals surface area contributed by atoms with E-state index in [1.165, 1.54) is 77.0 Å². The van der Waals surface area contributed by atoms with Gasteiger partial charge in [-0.2, -0.15) is 0 Å². The summed E-state index contributed by atoms with van der Waals surface area (Å²) >= 11 is 0. The molecule has 0 aliphatic rings. The van der Waals surface area contributed by atoms with Gasteiger partial charge in [-0.1, -0.05) is 184 Å². The first-order valence-corrected chi connectivity index (χ1v) is 20.6. The minimum atomic E-state index is -1.04. The van der Waals surface area contributed by atoms with Gasteiger partial charge >= 0.3 is 11.9 Å². The van der Waals surface area contributed by atoms with Gasteiger partial charge in [0.25, 0.3) is 0 Å². The zero-order valence-electron chi connectivity index (χ0n) is 33.2. The van der Waals surface area contributed by atoms with Crippen molar-refractivity contribution in [2.24, 2.45) is 5.92 Å². The van der Waals surface area contributed by atoms with Crippen LogP contribution in [-0.4, -0.2) is 58.8 Å². The third kappa shape index (κ3) is 38.5. The van der Waals surface area contributed by atoms with Crippen LogP contribution in [0.1, 0.15) is 162 Å². The van der Waals surface area contributed by atoms with Gasteiger partial charge < -0.3 is 24.8 Å². The molecule has 7 heteroatoms. The third-order valence-electron chi connectivity index (χ3n) is 8.56. The van der Waals surface area contributed by atoms with E-state index in [9.17, 15) is 24.9 Å². The number of aliphatic hydroxyl groups is 3. The van der Waals surface area contributed by atoms with E-state index in [-0.39, 0.29) is 25.6 Å². The van der Waals surface area contributed by atoms with Crippen molar-refractivity contribution in [2.45, 2.75) is 180 Å². The Morgan fingerprint density at radius 1 is 0.558 bits per heavy atom. The van der Waals surface area contributed by atoms with Crippen molar-refractivity contribution >= 4 is 11.9 Å². The predicted octanol–water partition coefficient (Wildman–Crippen LogP) is 10.8. The lowest BCUT2D eigenvalue weighted by Crippen LogP contribution is -2.25. The molecular weight excluding hydrogens is 652 g/mol. The Kier molecular flexibility index (Phi) is 36.0. The Labute approximate surface area is 318 Å². The molecule has 0 radical (unpaired) electrons. The molecule has 0 bridgehead atoms. The average Bonchev–Trinajstić information content (AvgIpc) is 3.12. The van der Waals surface area contributed by atoms with Crippen LogP contribution in [0.15, 0.2) is 72.9 Å². The molecule has 298 valence electrons. The minimum Gasteiger partial charge on any atom is -0.463 e. The zero-order valence-corrected chi connectivity index (χ0v) is 33.2. The number of esters is 2. The summed E-state index contributed by atoms with van der Waals surface area (Å²) in [6.07, 6.45) is 43.2. The van der Waals surface area contributed by atoms with Gasteiger partial charge in [-0.15, -0.1) is 0 Å². The summed E-state index contributed by atoms with van der Waals surface area (Å²) in [5, 5.41) is 29.9. The topological polar surface area (TPSA) is 113 Å². The largest absolute Gasteiger partial charge is 0.463 e. The van der Waals surface area contributed by atoms with Crippen molar-refractivity contribution in [3.8, 4) is 0 Å². The Hall–Kier alpha value is -2.74. The molecule has 0 rings (SSSR count). The summed E-state index contributed by atoms with van der Waals surface area (Å²) in [5.41, 5.74) is 0. The van der Waals surface area contributed by atoms with E-state index < -0.39 is 24.3 Å². The van der Waals surface area contributed by atoms with E-state index in [0.717, 1.165) is 38.0 Å². The number of aliphatic hydroxyl groups excluding tert-OH is 3. The second-order valence-corrected chi connectivity index (χ2v) is 14.3. The van der Waals surface area contributed by atoms with E-state index in [0.29, 0.717) is 25.7 Å². The van der Waals surface area contributed by atoms with E-state index >= 15 is 0 Å². The van der Waals surface area contributed by atoms with Gasteiger partial charge in [-0.25, -0.2) is 0 Å². The number of rotatable bonds is 35. The first kappa shape index (κ1) is 49.3. The Bertz CT molecular complexity index is 1010.